The van der Waals surface area contributed by atoms with E-state index in [-0.39, 0.29) is 31.0 Å². The zero-order chi connectivity index (χ0) is 21.1. The Morgan fingerprint density at radius 3 is 2.72 bits per heavy atom. The lowest BCUT2D eigenvalue weighted by atomic mass is 10.1. The molecule has 0 spiro atoms. The first-order chi connectivity index (χ1) is 13.8. The fourth-order valence-corrected chi connectivity index (χ4v) is 3.62. The Labute approximate surface area is 167 Å². The van der Waals surface area contributed by atoms with Crippen LogP contribution in [0.4, 0.5) is 20.6 Å². The Morgan fingerprint density at radius 1 is 1.31 bits per heavy atom. The van der Waals surface area contributed by atoms with Crippen LogP contribution in [-0.4, -0.2) is 67.9 Å². The number of aliphatic hydroxyl groups is 1. The van der Waals surface area contributed by atoms with Crippen molar-refractivity contribution in [2.24, 2.45) is 5.92 Å². The highest BCUT2D eigenvalue weighted by Gasteiger charge is 2.34. The van der Waals surface area contributed by atoms with Gasteiger partial charge in [-0.15, -0.1) is 0 Å². The van der Waals surface area contributed by atoms with Crippen molar-refractivity contribution >= 4 is 29.3 Å². The second-order valence-electron chi connectivity index (χ2n) is 7.40. The molecule has 29 heavy (non-hydrogen) atoms. The van der Waals surface area contributed by atoms with E-state index in [4.69, 9.17) is 9.84 Å². The van der Waals surface area contributed by atoms with E-state index in [1.165, 1.54) is 17.9 Å². The molecule has 3 amide bonds. The van der Waals surface area contributed by atoms with Crippen molar-refractivity contribution in [3.8, 4) is 0 Å². The number of halogens is 1. The van der Waals surface area contributed by atoms with Gasteiger partial charge in [0.1, 0.15) is 18.5 Å². The molecular weight excluding hydrogens is 383 g/mol. The Morgan fingerprint density at radius 2 is 2.07 bits per heavy atom. The molecule has 0 unspecified atom stereocenters. The van der Waals surface area contributed by atoms with E-state index in [0.29, 0.717) is 24.5 Å². The third-order valence-corrected chi connectivity index (χ3v) is 5.14. The number of hydrogen-bond donors (Lipinski definition) is 3. The van der Waals surface area contributed by atoms with Crippen LogP contribution in [0.25, 0.3) is 0 Å². The van der Waals surface area contributed by atoms with Crippen LogP contribution in [0.3, 0.4) is 0 Å². The number of carbonyl (C=O) groups excluding carboxylic acids is 3. The average molecular weight is 408 g/mol. The summed E-state index contributed by atoms with van der Waals surface area (Å²) in [4.78, 5) is 37.7. The van der Waals surface area contributed by atoms with Gasteiger partial charge >= 0.3 is 6.09 Å². The number of aliphatic hydroxyl groups excluding tert-OH is 1. The van der Waals surface area contributed by atoms with Gasteiger partial charge in [0.05, 0.1) is 30.5 Å². The molecule has 158 valence electrons. The van der Waals surface area contributed by atoms with E-state index in [9.17, 15) is 18.8 Å². The Bertz CT molecular complexity index is 805. The summed E-state index contributed by atoms with van der Waals surface area (Å²) in [5.41, 5.74) is 0.752. The van der Waals surface area contributed by atoms with Crippen LogP contribution in [0.2, 0.25) is 0 Å². The highest BCUT2D eigenvalue weighted by Crippen LogP contribution is 2.31. The fourth-order valence-electron chi connectivity index (χ4n) is 3.62. The summed E-state index contributed by atoms with van der Waals surface area (Å²) in [7, 11) is 0. The minimum Gasteiger partial charge on any atom is -0.442 e. The van der Waals surface area contributed by atoms with Crippen LogP contribution in [0.5, 0.6) is 0 Å². The third kappa shape index (κ3) is 4.76. The minimum atomic E-state index is -0.589. The Hall–Kier alpha value is -2.88. The molecule has 10 heteroatoms. The van der Waals surface area contributed by atoms with E-state index >= 15 is 0 Å². The molecule has 2 fully saturated rings. The zero-order valence-corrected chi connectivity index (χ0v) is 16.4. The molecule has 0 aromatic heterocycles. The van der Waals surface area contributed by atoms with Crippen LogP contribution in [0.1, 0.15) is 13.8 Å². The van der Waals surface area contributed by atoms with Crippen LogP contribution in [0, 0.1) is 11.7 Å². The van der Waals surface area contributed by atoms with Gasteiger partial charge in [0.2, 0.25) is 11.8 Å². The van der Waals surface area contributed by atoms with Gasteiger partial charge in [0, 0.05) is 20.0 Å². The maximum atomic E-state index is 14.8. The second kappa shape index (κ2) is 8.64. The summed E-state index contributed by atoms with van der Waals surface area (Å²) in [5.74, 6) is -1.07. The summed E-state index contributed by atoms with van der Waals surface area (Å²) in [6.07, 6.45) is -1.08. The molecule has 2 aliphatic heterocycles. The molecule has 3 rings (SSSR count). The molecule has 1 aromatic carbocycles. The second-order valence-corrected chi connectivity index (χ2v) is 7.40. The maximum Gasteiger partial charge on any atom is 0.414 e. The first kappa shape index (κ1) is 20.8. The molecule has 3 N–H and O–H groups in total. The molecule has 2 heterocycles. The molecule has 2 aliphatic rings. The normalized spacial score (nSPS) is 23.9. The molecule has 3 atom stereocenters. The highest BCUT2D eigenvalue weighted by atomic mass is 19.1. The Balaban J connectivity index is 1.67. The van der Waals surface area contributed by atoms with Gasteiger partial charge in [0.25, 0.3) is 0 Å². The topological polar surface area (TPSA) is 111 Å². The van der Waals surface area contributed by atoms with E-state index in [1.807, 2.05) is 11.8 Å². The summed E-state index contributed by atoms with van der Waals surface area (Å²) in [6, 6.07) is 4.34. The number of benzene rings is 1. The van der Waals surface area contributed by atoms with Crippen molar-refractivity contribution in [2.75, 3.05) is 42.6 Å². The standard InChI is InChI=1S/C19H25FN4O5/c1-11-7-23(9-16(11)22-18(27)10-25)17-4-3-13(5-15(17)20)24-8-14(29-19(24)28)6-21-12(2)26/h3-5,11,14,16,25H,6-10H2,1-2H3,(H,21,26)(H,22,27)/t11-,14-,16+/m0/s1. The number of nitrogens with zero attached hydrogens (tertiary/aromatic N) is 2. The van der Waals surface area contributed by atoms with Gasteiger partial charge in [0.15, 0.2) is 0 Å². The number of amides is 3. The SMILES string of the molecule is CC(=O)NC[C@H]1CN(c2ccc(N3C[C@H](C)[C@H](NC(=O)CO)C3)c(F)c2)C(=O)O1. The lowest BCUT2D eigenvalue weighted by Crippen LogP contribution is -2.41. The maximum absolute atomic E-state index is 14.8. The van der Waals surface area contributed by atoms with Gasteiger partial charge in [-0.3, -0.25) is 14.5 Å². The quantitative estimate of drug-likeness (QED) is 0.621. The summed E-state index contributed by atoms with van der Waals surface area (Å²) < 4.78 is 20.0. The van der Waals surface area contributed by atoms with Crippen molar-refractivity contribution in [1.29, 1.82) is 0 Å². The van der Waals surface area contributed by atoms with E-state index in [0.717, 1.165) is 0 Å². The molecule has 2 saturated heterocycles. The van der Waals surface area contributed by atoms with Crippen LogP contribution < -0.4 is 20.4 Å². The lowest BCUT2D eigenvalue weighted by Gasteiger charge is -2.21. The number of nitrogens with one attached hydrogen (secondary N) is 2. The predicted molar refractivity (Wildman–Crippen MR) is 103 cm³/mol. The molecule has 9 nitrogen and oxygen atoms in total. The number of hydrogen-bond acceptors (Lipinski definition) is 6. The van der Waals surface area contributed by atoms with Crippen LogP contribution in [-0.2, 0) is 14.3 Å². The monoisotopic (exact) mass is 408 g/mol. The summed E-state index contributed by atoms with van der Waals surface area (Å²) in [6.45, 7) is 4.14. The first-order valence-corrected chi connectivity index (χ1v) is 9.45. The van der Waals surface area contributed by atoms with E-state index in [2.05, 4.69) is 10.6 Å². The predicted octanol–water partition coefficient (Wildman–Crippen LogP) is 0.220. The summed E-state index contributed by atoms with van der Waals surface area (Å²) in [5, 5.41) is 14.2. The number of ether oxygens (including phenoxy) is 1. The van der Waals surface area contributed by atoms with E-state index in [1.54, 1.807) is 12.1 Å². The van der Waals surface area contributed by atoms with Gasteiger partial charge in [-0.1, -0.05) is 6.92 Å². The van der Waals surface area contributed by atoms with Crippen LogP contribution in [0.15, 0.2) is 18.2 Å². The molecule has 1 aromatic rings. The highest BCUT2D eigenvalue weighted by molar-refractivity contribution is 5.90. The number of anilines is 2. The van der Waals surface area contributed by atoms with Gasteiger partial charge in [-0.05, 0) is 24.1 Å². The van der Waals surface area contributed by atoms with Crippen molar-refractivity contribution < 1.29 is 28.6 Å². The van der Waals surface area contributed by atoms with Crippen molar-refractivity contribution in [3.63, 3.8) is 0 Å². The fraction of sp³-hybridized carbons (Fsp3) is 0.526. The third-order valence-electron chi connectivity index (χ3n) is 5.14. The van der Waals surface area contributed by atoms with Gasteiger partial charge in [-0.25, -0.2) is 9.18 Å². The minimum absolute atomic E-state index is 0.0904. The molecule has 0 bridgehead atoms. The average Bonchev–Trinajstić information content (AvgIpc) is 3.22. The molecule has 0 saturated carbocycles. The largest absolute Gasteiger partial charge is 0.442 e. The molecule has 0 radical (unpaired) electrons. The first-order valence-electron chi connectivity index (χ1n) is 9.45. The van der Waals surface area contributed by atoms with Crippen molar-refractivity contribution in [3.05, 3.63) is 24.0 Å². The number of rotatable bonds is 6. The van der Waals surface area contributed by atoms with Crippen molar-refractivity contribution in [2.45, 2.75) is 26.0 Å². The number of carbonyl (C=O) groups is 3. The van der Waals surface area contributed by atoms with Crippen molar-refractivity contribution in [1.82, 2.24) is 10.6 Å². The van der Waals surface area contributed by atoms with Gasteiger partial charge in [-0.2, -0.15) is 0 Å². The van der Waals surface area contributed by atoms with Gasteiger partial charge < -0.3 is 25.4 Å². The Kier molecular flexibility index (Phi) is 6.21. The number of cyclic esters (lactones) is 1. The summed E-state index contributed by atoms with van der Waals surface area (Å²) >= 11 is 0. The van der Waals surface area contributed by atoms with Crippen LogP contribution >= 0.6 is 0 Å². The zero-order valence-electron chi connectivity index (χ0n) is 16.4. The lowest BCUT2D eigenvalue weighted by molar-refractivity contribution is -0.124. The molecule has 0 aliphatic carbocycles. The van der Waals surface area contributed by atoms with E-state index < -0.39 is 30.5 Å². The smallest absolute Gasteiger partial charge is 0.414 e. The molecular formula is C19H25FN4O5.